The Morgan fingerprint density at radius 3 is 2.74 bits per heavy atom. The fraction of sp³-hybridized carbons (Fsp3) is 0.143. The molecule has 1 unspecified atom stereocenters. The van der Waals surface area contributed by atoms with E-state index in [0.717, 1.165) is 5.56 Å². The van der Waals surface area contributed by atoms with E-state index in [1.165, 1.54) is 0 Å². The molecule has 3 N–H and O–H groups in total. The van der Waals surface area contributed by atoms with Crippen molar-refractivity contribution in [1.82, 2.24) is 10.3 Å². The summed E-state index contributed by atoms with van der Waals surface area (Å²) in [4.78, 5) is 16.0. The molecule has 1 atom stereocenters. The lowest BCUT2D eigenvalue weighted by atomic mass is 10.1. The van der Waals surface area contributed by atoms with E-state index in [2.05, 4.69) is 10.3 Å². The van der Waals surface area contributed by atoms with Crippen LogP contribution in [0.5, 0.6) is 0 Å². The molecule has 1 aromatic heterocycles. The number of rotatable bonds is 3. The largest absolute Gasteiger partial charge is 0.384 e. The molecule has 0 saturated carbocycles. The molecule has 5 heteroatoms. The first-order valence-corrected chi connectivity index (χ1v) is 6.23. The first-order valence-electron chi connectivity index (χ1n) is 5.85. The maximum Gasteiger partial charge on any atom is 0.270 e. The van der Waals surface area contributed by atoms with Gasteiger partial charge >= 0.3 is 0 Å². The molecule has 1 amide bonds. The van der Waals surface area contributed by atoms with Gasteiger partial charge in [0.1, 0.15) is 11.5 Å². The van der Waals surface area contributed by atoms with Gasteiger partial charge in [0.2, 0.25) is 0 Å². The molecule has 0 aliphatic heterocycles. The van der Waals surface area contributed by atoms with Crippen LogP contribution in [-0.4, -0.2) is 10.9 Å². The number of pyridine rings is 1. The van der Waals surface area contributed by atoms with E-state index >= 15 is 0 Å². The molecule has 4 nitrogen and oxygen atoms in total. The SMILES string of the molecule is CC(NC(=O)c1cccc(N)n1)c1cccc(Cl)c1. The third kappa shape index (κ3) is 3.45. The fourth-order valence-electron chi connectivity index (χ4n) is 1.71. The number of halogens is 1. The highest BCUT2D eigenvalue weighted by atomic mass is 35.5. The molecule has 0 aliphatic carbocycles. The van der Waals surface area contributed by atoms with Crippen LogP contribution in [0.25, 0.3) is 0 Å². The summed E-state index contributed by atoms with van der Waals surface area (Å²) in [5.74, 6) is 0.0582. The van der Waals surface area contributed by atoms with Crippen LogP contribution in [0.3, 0.4) is 0 Å². The van der Waals surface area contributed by atoms with Crippen LogP contribution >= 0.6 is 11.6 Å². The summed E-state index contributed by atoms with van der Waals surface area (Å²) in [5.41, 5.74) is 6.78. The first kappa shape index (κ1) is 13.4. The van der Waals surface area contributed by atoms with Crippen LogP contribution in [0.4, 0.5) is 5.82 Å². The van der Waals surface area contributed by atoms with Gasteiger partial charge < -0.3 is 11.1 Å². The second kappa shape index (κ2) is 5.71. The Hall–Kier alpha value is -2.07. The monoisotopic (exact) mass is 275 g/mol. The van der Waals surface area contributed by atoms with E-state index in [-0.39, 0.29) is 11.9 Å². The van der Waals surface area contributed by atoms with Crippen molar-refractivity contribution in [2.24, 2.45) is 0 Å². The van der Waals surface area contributed by atoms with Gasteiger partial charge in [0.25, 0.3) is 5.91 Å². The zero-order valence-corrected chi connectivity index (χ0v) is 11.2. The highest BCUT2D eigenvalue weighted by molar-refractivity contribution is 6.30. The Bertz CT molecular complexity index is 601. The Labute approximate surface area is 116 Å². The summed E-state index contributed by atoms with van der Waals surface area (Å²) in [6.45, 7) is 1.88. The molecule has 0 saturated heterocycles. The van der Waals surface area contributed by atoms with E-state index in [4.69, 9.17) is 17.3 Å². The zero-order chi connectivity index (χ0) is 13.8. The van der Waals surface area contributed by atoms with E-state index in [9.17, 15) is 4.79 Å². The number of nitrogens with one attached hydrogen (secondary N) is 1. The van der Waals surface area contributed by atoms with Gasteiger partial charge in [0, 0.05) is 5.02 Å². The third-order valence-corrected chi connectivity index (χ3v) is 2.93. The van der Waals surface area contributed by atoms with E-state index in [1.54, 1.807) is 24.3 Å². The van der Waals surface area contributed by atoms with Crippen LogP contribution in [0.15, 0.2) is 42.5 Å². The quantitative estimate of drug-likeness (QED) is 0.905. The molecular formula is C14H14ClN3O. The molecule has 1 heterocycles. The normalized spacial score (nSPS) is 11.9. The number of nitrogen functional groups attached to an aromatic ring is 1. The number of nitrogens with zero attached hydrogens (tertiary/aromatic N) is 1. The Morgan fingerprint density at radius 1 is 1.32 bits per heavy atom. The van der Waals surface area contributed by atoms with Gasteiger partial charge in [-0.3, -0.25) is 4.79 Å². The summed E-state index contributed by atoms with van der Waals surface area (Å²) in [6, 6.07) is 12.2. The van der Waals surface area contributed by atoms with Crippen molar-refractivity contribution in [3.63, 3.8) is 0 Å². The number of aromatic nitrogens is 1. The smallest absolute Gasteiger partial charge is 0.270 e. The minimum absolute atomic E-state index is 0.158. The summed E-state index contributed by atoms with van der Waals surface area (Å²) >= 11 is 5.92. The molecule has 0 fully saturated rings. The van der Waals surface area contributed by atoms with E-state index in [1.807, 2.05) is 25.1 Å². The molecular weight excluding hydrogens is 262 g/mol. The summed E-state index contributed by atoms with van der Waals surface area (Å²) in [6.07, 6.45) is 0. The molecule has 1 aromatic carbocycles. The van der Waals surface area contributed by atoms with Gasteiger partial charge in [-0.1, -0.05) is 29.8 Å². The number of carbonyl (C=O) groups excluding carboxylic acids is 1. The van der Waals surface area contributed by atoms with Crippen LogP contribution in [0.2, 0.25) is 5.02 Å². The molecule has 2 rings (SSSR count). The van der Waals surface area contributed by atoms with Crippen molar-refractivity contribution in [3.8, 4) is 0 Å². The minimum atomic E-state index is -0.264. The van der Waals surface area contributed by atoms with Crippen molar-refractivity contribution in [2.45, 2.75) is 13.0 Å². The minimum Gasteiger partial charge on any atom is -0.384 e. The highest BCUT2D eigenvalue weighted by Crippen LogP contribution is 2.17. The van der Waals surface area contributed by atoms with Gasteiger partial charge in [-0.15, -0.1) is 0 Å². The van der Waals surface area contributed by atoms with Gasteiger partial charge in [-0.2, -0.15) is 0 Å². The van der Waals surface area contributed by atoms with Crippen LogP contribution in [0, 0.1) is 0 Å². The second-order valence-corrected chi connectivity index (χ2v) is 4.63. The lowest BCUT2D eigenvalue weighted by molar-refractivity contribution is 0.0935. The zero-order valence-electron chi connectivity index (χ0n) is 10.4. The van der Waals surface area contributed by atoms with Crippen molar-refractivity contribution >= 4 is 23.3 Å². The number of hydrogen-bond acceptors (Lipinski definition) is 3. The molecule has 98 valence electrons. The van der Waals surface area contributed by atoms with Gasteiger partial charge in [-0.25, -0.2) is 4.98 Å². The highest BCUT2D eigenvalue weighted by Gasteiger charge is 2.12. The Morgan fingerprint density at radius 2 is 2.05 bits per heavy atom. The Balaban J connectivity index is 2.11. The topological polar surface area (TPSA) is 68.0 Å². The van der Waals surface area contributed by atoms with Gasteiger partial charge in [-0.05, 0) is 36.8 Å². The predicted octanol–water partition coefficient (Wildman–Crippen LogP) is 2.81. The molecule has 2 aromatic rings. The van der Waals surface area contributed by atoms with Crippen molar-refractivity contribution in [2.75, 3.05) is 5.73 Å². The standard InChI is InChI=1S/C14H14ClN3O/c1-9(10-4-2-5-11(15)8-10)17-14(19)12-6-3-7-13(16)18-12/h2-9H,1H3,(H2,16,18)(H,17,19). The lowest BCUT2D eigenvalue weighted by Gasteiger charge is -2.14. The summed E-state index contributed by atoms with van der Waals surface area (Å²) in [7, 11) is 0. The van der Waals surface area contributed by atoms with E-state index in [0.29, 0.717) is 16.5 Å². The molecule has 0 spiro atoms. The van der Waals surface area contributed by atoms with E-state index < -0.39 is 0 Å². The lowest BCUT2D eigenvalue weighted by Crippen LogP contribution is -2.27. The summed E-state index contributed by atoms with van der Waals surface area (Å²) in [5, 5.41) is 3.49. The summed E-state index contributed by atoms with van der Waals surface area (Å²) < 4.78 is 0. The number of nitrogens with two attached hydrogens (primary N) is 1. The second-order valence-electron chi connectivity index (χ2n) is 4.20. The maximum absolute atomic E-state index is 12.0. The maximum atomic E-state index is 12.0. The molecule has 0 bridgehead atoms. The molecule has 0 aliphatic rings. The number of carbonyl (C=O) groups is 1. The average molecular weight is 276 g/mol. The fourth-order valence-corrected chi connectivity index (χ4v) is 1.91. The number of hydrogen-bond donors (Lipinski definition) is 2. The van der Waals surface area contributed by atoms with Gasteiger partial charge in [0.15, 0.2) is 0 Å². The predicted molar refractivity (Wildman–Crippen MR) is 76.0 cm³/mol. The van der Waals surface area contributed by atoms with Crippen molar-refractivity contribution < 1.29 is 4.79 Å². The first-order chi connectivity index (χ1) is 9.06. The number of benzene rings is 1. The van der Waals surface area contributed by atoms with Crippen LogP contribution in [-0.2, 0) is 0 Å². The van der Waals surface area contributed by atoms with Crippen molar-refractivity contribution in [3.05, 3.63) is 58.7 Å². The van der Waals surface area contributed by atoms with Crippen LogP contribution in [0.1, 0.15) is 29.0 Å². The number of anilines is 1. The number of amides is 1. The average Bonchev–Trinajstić information content (AvgIpc) is 2.38. The molecule has 19 heavy (non-hydrogen) atoms. The van der Waals surface area contributed by atoms with Gasteiger partial charge in [0.05, 0.1) is 6.04 Å². The van der Waals surface area contributed by atoms with Crippen LogP contribution < -0.4 is 11.1 Å². The molecule has 0 radical (unpaired) electrons. The third-order valence-electron chi connectivity index (χ3n) is 2.70. The van der Waals surface area contributed by atoms with Crippen molar-refractivity contribution in [1.29, 1.82) is 0 Å². The Kier molecular flexibility index (Phi) is 4.02.